The van der Waals surface area contributed by atoms with Gasteiger partial charge in [0.25, 0.3) is 0 Å². The number of benzene rings is 1. The number of hydrogen-bond donors (Lipinski definition) is 1. The maximum absolute atomic E-state index is 5.81. The standard InChI is InChI=1S/C15H20ClN3O/c1-10-8-11(6-7-12(10)20-5)19-14(17-16)9-13(18-19)15(2,3)4/h6-9,17H,1-5H3. The molecule has 0 saturated heterocycles. The highest BCUT2D eigenvalue weighted by molar-refractivity contribution is 6.23. The van der Waals surface area contributed by atoms with Gasteiger partial charge in [0.15, 0.2) is 0 Å². The number of ether oxygens (including phenoxy) is 1. The molecule has 0 aliphatic carbocycles. The van der Waals surface area contributed by atoms with Crippen molar-refractivity contribution in [2.75, 3.05) is 11.9 Å². The highest BCUT2D eigenvalue weighted by Gasteiger charge is 2.20. The fourth-order valence-electron chi connectivity index (χ4n) is 2.01. The Balaban J connectivity index is 2.52. The third kappa shape index (κ3) is 2.75. The maximum atomic E-state index is 5.81. The maximum Gasteiger partial charge on any atom is 0.144 e. The van der Waals surface area contributed by atoms with E-state index in [0.29, 0.717) is 0 Å². The second kappa shape index (κ2) is 5.37. The van der Waals surface area contributed by atoms with Gasteiger partial charge >= 0.3 is 0 Å². The molecule has 1 aromatic carbocycles. The molecule has 1 N–H and O–H groups in total. The van der Waals surface area contributed by atoms with Gasteiger partial charge in [0.05, 0.1) is 18.5 Å². The quantitative estimate of drug-likeness (QED) is 0.868. The largest absolute Gasteiger partial charge is 0.496 e. The number of rotatable bonds is 3. The van der Waals surface area contributed by atoms with Gasteiger partial charge < -0.3 is 4.74 Å². The van der Waals surface area contributed by atoms with E-state index in [4.69, 9.17) is 16.5 Å². The third-order valence-electron chi connectivity index (χ3n) is 3.20. The molecule has 2 rings (SSSR count). The molecule has 0 radical (unpaired) electrons. The summed E-state index contributed by atoms with van der Waals surface area (Å²) >= 11 is 5.81. The van der Waals surface area contributed by atoms with Crippen molar-refractivity contribution in [3.05, 3.63) is 35.5 Å². The van der Waals surface area contributed by atoms with Gasteiger partial charge in [-0.2, -0.15) is 5.10 Å². The van der Waals surface area contributed by atoms with Gasteiger partial charge in [-0.15, -0.1) is 0 Å². The van der Waals surface area contributed by atoms with E-state index in [2.05, 4.69) is 30.7 Å². The van der Waals surface area contributed by atoms with Crippen LogP contribution in [0.25, 0.3) is 5.69 Å². The average molecular weight is 294 g/mol. The summed E-state index contributed by atoms with van der Waals surface area (Å²) in [5, 5.41) is 4.65. The number of aromatic nitrogens is 2. The number of aryl methyl sites for hydroxylation is 1. The molecule has 0 aliphatic heterocycles. The Bertz CT molecular complexity index is 614. The van der Waals surface area contributed by atoms with Crippen molar-refractivity contribution in [2.24, 2.45) is 0 Å². The zero-order chi connectivity index (χ0) is 14.9. The van der Waals surface area contributed by atoms with Crippen molar-refractivity contribution in [2.45, 2.75) is 33.1 Å². The second-order valence-electron chi connectivity index (χ2n) is 5.83. The predicted molar refractivity (Wildman–Crippen MR) is 83.0 cm³/mol. The molecule has 0 bridgehead atoms. The second-order valence-corrected chi connectivity index (χ2v) is 6.01. The molecule has 0 spiro atoms. The van der Waals surface area contributed by atoms with Crippen molar-refractivity contribution in [3.8, 4) is 11.4 Å². The molecule has 2 aromatic rings. The summed E-state index contributed by atoms with van der Waals surface area (Å²) in [6.07, 6.45) is 0. The van der Waals surface area contributed by atoms with E-state index in [1.54, 1.807) is 11.8 Å². The van der Waals surface area contributed by atoms with Crippen molar-refractivity contribution < 1.29 is 4.74 Å². The Morgan fingerprint density at radius 1 is 1.25 bits per heavy atom. The molecule has 108 valence electrons. The summed E-state index contributed by atoms with van der Waals surface area (Å²) in [6.45, 7) is 8.37. The minimum Gasteiger partial charge on any atom is -0.496 e. The lowest BCUT2D eigenvalue weighted by molar-refractivity contribution is 0.411. The number of halogens is 1. The van der Waals surface area contributed by atoms with Crippen LogP contribution in [0.5, 0.6) is 5.75 Å². The van der Waals surface area contributed by atoms with E-state index in [9.17, 15) is 0 Å². The number of anilines is 1. The van der Waals surface area contributed by atoms with Crippen LogP contribution in [-0.2, 0) is 5.41 Å². The van der Waals surface area contributed by atoms with E-state index in [1.807, 2.05) is 31.2 Å². The topological polar surface area (TPSA) is 39.1 Å². The van der Waals surface area contributed by atoms with Crippen molar-refractivity contribution in [1.29, 1.82) is 0 Å². The molecule has 0 fully saturated rings. The molecule has 0 aliphatic rings. The molecular weight excluding hydrogens is 274 g/mol. The molecule has 0 unspecified atom stereocenters. The molecule has 4 nitrogen and oxygen atoms in total. The highest BCUT2D eigenvalue weighted by atomic mass is 35.5. The summed E-state index contributed by atoms with van der Waals surface area (Å²) in [5.74, 6) is 1.61. The van der Waals surface area contributed by atoms with Gasteiger partial charge in [0.2, 0.25) is 0 Å². The van der Waals surface area contributed by atoms with E-state index >= 15 is 0 Å². The summed E-state index contributed by atoms with van der Waals surface area (Å²) in [7, 11) is 1.67. The molecule has 0 amide bonds. The average Bonchev–Trinajstić information content (AvgIpc) is 2.82. The van der Waals surface area contributed by atoms with Gasteiger partial charge in [-0.3, -0.25) is 4.84 Å². The summed E-state index contributed by atoms with van der Waals surface area (Å²) in [5.41, 5.74) is 2.95. The van der Waals surface area contributed by atoms with Crippen LogP contribution in [0.4, 0.5) is 5.82 Å². The molecule has 5 heteroatoms. The van der Waals surface area contributed by atoms with E-state index < -0.39 is 0 Å². The van der Waals surface area contributed by atoms with E-state index in [-0.39, 0.29) is 5.41 Å². The Kier molecular flexibility index (Phi) is 3.95. The van der Waals surface area contributed by atoms with Gasteiger partial charge in [-0.1, -0.05) is 20.8 Å². The van der Waals surface area contributed by atoms with Crippen molar-refractivity contribution in [3.63, 3.8) is 0 Å². The van der Waals surface area contributed by atoms with E-state index in [0.717, 1.165) is 28.5 Å². The lowest BCUT2D eigenvalue weighted by Crippen LogP contribution is -2.12. The van der Waals surface area contributed by atoms with Gasteiger partial charge in [-0.25, -0.2) is 4.68 Å². The molecule has 0 saturated carbocycles. The lowest BCUT2D eigenvalue weighted by atomic mass is 9.92. The molecular formula is C15H20ClN3O. The summed E-state index contributed by atoms with van der Waals surface area (Å²) in [4.78, 5) is 2.68. The fraction of sp³-hybridized carbons (Fsp3) is 0.400. The number of methoxy groups -OCH3 is 1. The minimum atomic E-state index is -0.0325. The van der Waals surface area contributed by atoms with Crippen LogP contribution in [0.1, 0.15) is 32.0 Å². The highest BCUT2D eigenvalue weighted by Crippen LogP contribution is 2.28. The summed E-state index contributed by atoms with van der Waals surface area (Å²) < 4.78 is 7.09. The van der Waals surface area contributed by atoms with Gasteiger partial charge in [0, 0.05) is 23.3 Å². The Hall–Kier alpha value is -1.68. The number of hydrogen-bond acceptors (Lipinski definition) is 3. The first kappa shape index (κ1) is 14.7. The van der Waals surface area contributed by atoms with Gasteiger partial charge in [0.1, 0.15) is 11.6 Å². The van der Waals surface area contributed by atoms with Crippen LogP contribution < -0.4 is 9.57 Å². The normalized spacial score (nSPS) is 11.5. The lowest BCUT2D eigenvalue weighted by Gasteiger charge is -2.14. The van der Waals surface area contributed by atoms with Crippen LogP contribution in [-0.4, -0.2) is 16.9 Å². The Morgan fingerprint density at radius 3 is 2.45 bits per heavy atom. The Morgan fingerprint density at radius 2 is 1.95 bits per heavy atom. The Labute approximate surface area is 124 Å². The fourth-order valence-corrected chi connectivity index (χ4v) is 2.14. The van der Waals surface area contributed by atoms with Crippen LogP contribution in [0, 0.1) is 6.92 Å². The minimum absolute atomic E-state index is 0.0325. The van der Waals surface area contributed by atoms with E-state index in [1.165, 1.54) is 0 Å². The van der Waals surface area contributed by atoms with Crippen molar-refractivity contribution >= 4 is 17.6 Å². The smallest absolute Gasteiger partial charge is 0.144 e. The zero-order valence-corrected chi connectivity index (χ0v) is 13.2. The molecule has 0 atom stereocenters. The van der Waals surface area contributed by atoms with Crippen LogP contribution in [0.3, 0.4) is 0 Å². The molecule has 1 heterocycles. The van der Waals surface area contributed by atoms with Crippen LogP contribution in [0.15, 0.2) is 24.3 Å². The SMILES string of the molecule is COc1ccc(-n2nc(C(C)(C)C)cc2NCl)cc1C. The molecule has 1 aromatic heterocycles. The van der Waals surface area contributed by atoms with Crippen molar-refractivity contribution in [1.82, 2.24) is 9.78 Å². The first-order valence-corrected chi connectivity index (χ1v) is 6.87. The first-order valence-electron chi connectivity index (χ1n) is 6.49. The van der Waals surface area contributed by atoms with Gasteiger partial charge in [-0.05, 0) is 30.7 Å². The predicted octanol–water partition coefficient (Wildman–Crippen LogP) is 4.05. The summed E-state index contributed by atoms with van der Waals surface area (Å²) in [6, 6.07) is 7.88. The molecule has 20 heavy (non-hydrogen) atoms. The van der Waals surface area contributed by atoms with Crippen LogP contribution >= 0.6 is 11.8 Å². The third-order valence-corrected chi connectivity index (χ3v) is 3.39. The zero-order valence-electron chi connectivity index (χ0n) is 12.5. The monoisotopic (exact) mass is 293 g/mol. The van der Waals surface area contributed by atoms with Crippen LogP contribution in [0.2, 0.25) is 0 Å². The number of nitrogens with one attached hydrogen (secondary N) is 1. The number of nitrogens with zero attached hydrogens (tertiary/aromatic N) is 2. The first-order chi connectivity index (χ1) is 9.36.